The standard InChI is InChI=1S/C12H17ClN2O3S/c1-14-7-3-4-12(16)15-11-8-9(19(2,17)18)5-6-10(11)13/h5-6,8,14H,3-4,7H2,1-2H3,(H,15,16). The second-order valence-electron chi connectivity index (χ2n) is 4.17. The fourth-order valence-corrected chi connectivity index (χ4v) is 2.28. The minimum absolute atomic E-state index is 0.127. The lowest BCUT2D eigenvalue weighted by atomic mass is 10.2. The zero-order chi connectivity index (χ0) is 14.5. The highest BCUT2D eigenvalue weighted by Crippen LogP contribution is 2.25. The molecule has 0 aliphatic carbocycles. The Morgan fingerprint density at radius 1 is 1.37 bits per heavy atom. The third-order valence-corrected chi connectivity index (χ3v) is 3.91. The van der Waals surface area contributed by atoms with E-state index in [0.717, 1.165) is 12.8 Å². The van der Waals surface area contributed by atoms with Gasteiger partial charge in [0.25, 0.3) is 0 Å². The van der Waals surface area contributed by atoms with Gasteiger partial charge in [-0.3, -0.25) is 4.79 Å². The number of carbonyl (C=O) groups is 1. The molecule has 0 unspecified atom stereocenters. The average Bonchev–Trinajstić information content (AvgIpc) is 2.31. The van der Waals surface area contributed by atoms with Gasteiger partial charge in [0.2, 0.25) is 5.91 Å². The van der Waals surface area contributed by atoms with Gasteiger partial charge in [0.05, 0.1) is 15.6 Å². The Balaban J connectivity index is 2.80. The molecule has 0 radical (unpaired) electrons. The molecule has 0 spiro atoms. The Bertz CT molecular complexity index is 558. The van der Waals surface area contributed by atoms with E-state index in [9.17, 15) is 13.2 Å². The average molecular weight is 305 g/mol. The van der Waals surface area contributed by atoms with Crippen LogP contribution in [0.15, 0.2) is 23.1 Å². The smallest absolute Gasteiger partial charge is 0.224 e. The van der Waals surface area contributed by atoms with Crippen LogP contribution in [0.4, 0.5) is 5.69 Å². The van der Waals surface area contributed by atoms with Gasteiger partial charge in [-0.1, -0.05) is 11.6 Å². The molecule has 0 atom stereocenters. The maximum absolute atomic E-state index is 11.7. The molecule has 5 nitrogen and oxygen atoms in total. The number of anilines is 1. The van der Waals surface area contributed by atoms with Crippen LogP contribution in [0.1, 0.15) is 12.8 Å². The number of halogens is 1. The number of hydrogen-bond acceptors (Lipinski definition) is 4. The SMILES string of the molecule is CNCCCC(=O)Nc1cc(S(C)(=O)=O)ccc1Cl. The van der Waals surface area contributed by atoms with Crippen LogP contribution in [0.3, 0.4) is 0 Å². The zero-order valence-electron chi connectivity index (χ0n) is 10.9. The van der Waals surface area contributed by atoms with Crippen LogP contribution >= 0.6 is 11.6 Å². The molecule has 2 N–H and O–H groups in total. The topological polar surface area (TPSA) is 75.3 Å². The van der Waals surface area contributed by atoms with E-state index in [1.807, 2.05) is 7.05 Å². The van der Waals surface area contributed by atoms with Crippen LogP contribution in [0.25, 0.3) is 0 Å². The quantitative estimate of drug-likeness (QED) is 0.784. The highest BCUT2D eigenvalue weighted by atomic mass is 35.5. The predicted molar refractivity (Wildman–Crippen MR) is 76.4 cm³/mol. The van der Waals surface area contributed by atoms with Gasteiger partial charge in [-0.25, -0.2) is 8.42 Å². The summed E-state index contributed by atoms with van der Waals surface area (Å²) >= 11 is 5.93. The van der Waals surface area contributed by atoms with Crippen molar-refractivity contribution in [1.29, 1.82) is 0 Å². The Labute approximate surface area is 118 Å². The Kier molecular flexibility index (Phi) is 5.78. The van der Waals surface area contributed by atoms with E-state index >= 15 is 0 Å². The van der Waals surface area contributed by atoms with Gasteiger partial charge in [-0.05, 0) is 38.2 Å². The Morgan fingerprint density at radius 3 is 2.63 bits per heavy atom. The molecule has 0 saturated heterocycles. The lowest BCUT2D eigenvalue weighted by molar-refractivity contribution is -0.116. The highest BCUT2D eigenvalue weighted by Gasteiger charge is 2.12. The third kappa shape index (κ3) is 5.18. The summed E-state index contributed by atoms with van der Waals surface area (Å²) in [5.74, 6) is -0.192. The molecule has 19 heavy (non-hydrogen) atoms. The van der Waals surface area contributed by atoms with Gasteiger partial charge in [-0.2, -0.15) is 0 Å². The maximum atomic E-state index is 11.7. The van der Waals surface area contributed by atoms with E-state index in [0.29, 0.717) is 23.6 Å². The first-order valence-electron chi connectivity index (χ1n) is 5.78. The molecule has 7 heteroatoms. The molecule has 0 bridgehead atoms. The van der Waals surface area contributed by atoms with Gasteiger partial charge in [0, 0.05) is 12.7 Å². The molecule has 0 heterocycles. The lowest BCUT2D eigenvalue weighted by Crippen LogP contribution is -2.15. The van der Waals surface area contributed by atoms with Gasteiger partial charge >= 0.3 is 0 Å². The minimum atomic E-state index is -3.32. The summed E-state index contributed by atoms with van der Waals surface area (Å²) in [4.78, 5) is 11.8. The number of nitrogens with one attached hydrogen (secondary N) is 2. The van der Waals surface area contributed by atoms with Crippen LogP contribution in [-0.4, -0.2) is 34.2 Å². The highest BCUT2D eigenvalue weighted by molar-refractivity contribution is 7.90. The van der Waals surface area contributed by atoms with Crippen molar-refractivity contribution >= 4 is 33.0 Å². The van der Waals surface area contributed by atoms with E-state index in [1.54, 1.807) is 0 Å². The third-order valence-electron chi connectivity index (χ3n) is 2.47. The van der Waals surface area contributed by atoms with Crippen LogP contribution in [0, 0.1) is 0 Å². The molecule has 0 aromatic heterocycles. The van der Waals surface area contributed by atoms with E-state index in [2.05, 4.69) is 10.6 Å². The van der Waals surface area contributed by atoms with Crippen LogP contribution in [-0.2, 0) is 14.6 Å². The van der Waals surface area contributed by atoms with Crippen molar-refractivity contribution in [3.8, 4) is 0 Å². The van der Waals surface area contributed by atoms with Gasteiger partial charge in [0.1, 0.15) is 0 Å². The van der Waals surface area contributed by atoms with Crippen LogP contribution in [0.2, 0.25) is 5.02 Å². The zero-order valence-corrected chi connectivity index (χ0v) is 12.4. The monoisotopic (exact) mass is 304 g/mol. The number of amides is 1. The normalized spacial score (nSPS) is 11.3. The Hall–Kier alpha value is -1.11. The van der Waals surface area contributed by atoms with Gasteiger partial charge < -0.3 is 10.6 Å². The number of rotatable bonds is 6. The fraction of sp³-hybridized carbons (Fsp3) is 0.417. The first-order valence-corrected chi connectivity index (χ1v) is 8.05. The molecule has 0 aliphatic heterocycles. The van der Waals surface area contributed by atoms with Crippen molar-refractivity contribution in [3.05, 3.63) is 23.2 Å². The first-order chi connectivity index (χ1) is 8.84. The summed E-state index contributed by atoms with van der Waals surface area (Å²) in [6, 6.07) is 4.24. The number of benzene rings is 1. The molecule has 1 aromatic carbocycles. The summed E-state index contributed by atoms with van der Waals surface area (Å²) < 4.78 is 22.9. The van der Waals surface area contributed by atoms with Crippen LogP contribution < -0.4 is 10.6 Å². The Morgan fingerprint density at radius 2 is 2.05 bits per heavy atom. The summed E-state index contributed by atoms with van der Waals surface area (Å²) in [6.45, 7) is 0.741. The molecule has 1 aromatic rings. The van der Waals surface area contributed by atoms with Crippen molar-refractivity contribution in [1.82, 2.24) is 5.32 Å². The van der Waals surface area contributed by atoms with Gasteiger partial charge in [0.15, 0.2) is 9.84 Å². The molecule has 1 rings (SSSR count). The molecular formula is C12H17ClN2O3S. The second-order valence-corrected chi connectivity index (χ2v) is 6.59. The van der Waals surface area contributed by atoms with E-state index in [1.165, 1.54) is 18.2 Å². The second kappa shape index (κ2) is 6.88. The largest absolute Gasteiger partial charge is 0.325 e. The summed E-state index contributed by atoms with van der Waals surface area (Å²) in [5.41, 5.74) is 0.319. The number of hydrogen-bond donors (Lipinski definition) is 2. The predicted octanol–water partition coefficient (Wildman–Crippen LogP) is 1.68. The molecule has 106 valence electrons. The molecule has 0 fully saturated rings. The lowest BCUT2D eigenvalue weighted by Gasteiger charge is -2.09. The first kappa shape index (κ1) is 15.9. The van der Waals surface area contributed by atoms with Gasteiger partial charge in [-0.15, -0.1) is 0 Å². The molecule has 0 aliphatic rings. The van der Waals surface area contributed by atoms with E-state index in [4.69, 9.17) is 11.6 Å². The van der Waals surface area contributed by atoms with Crippen molar-refractivity contribution in [2.24, 2.45) is 0 Å². The molecule has 1 amide bonds. The molecule has 0 saturated carbocycles. The number of sulfone groups is 1. The van der Waals surface area contributed by atoms with E-state index in [-0.39, 0.29) is 10.8 Å². The van der Waals surface area contributed by atoms with Crippen molar-refractivity contribution in [3.63, 3.8) is 0 Å². The molecular weight excluding hydrogens is 288 g/mol. The van der Waals surface area contributed by atoms with E-state index < -0.39 is 9.84 Å². The van der Waals surface area contributed by atoms with Crippen molar-refractivity contribution in [2.75, 3.05) is 25.2 Å². The minimum Gasteiger partial charge on any atom is -0.325 e. The summed E-state index contributed by atoms with van der Waals surface area (Å²) in [6.07, 6.45) is 2.15. The van der Waals surface area contributed by atoms with Crippen LogP contribution in [0.5, 0.6) is 0 Å². The fourth-order valence-electron chi connectivity index (χ4n) is 1.47. The van der Waals surface area contributed by atoms with Crippen molar-refractivity contribution in [2.45, 2.75) is 17.7 Å². The maximum Gasteiger partial charge on any atom is 0.224 e. The van der Waals surface area contributed by atoms with Crippen molar-refractivity contribution < 1.29 is 13.2 Å². The summed E-state index contributed by atoms with van der Waals surface area (Å²) in [5, 5.41) is 5.87. The summed E-state index contributed by atoms with van der Waals surface area (Å²) in [7, 11) is -1.51. The number of carbonyl (C=O) groups excluding carboxylic acids is 1.